The molecule has 3 heterocycles. The number of nitrogens with zero attached hydrogens (tertiary/aromatic N) is 4. The number of likely N-dealkylation sites (tertiary alicyclic amines) is 2. The monoisotopic (exact) mass is 356 g/mol. The fourth-order valence-corrected chi connectivity index (χ4v) is 4.07. The summed E-state index contributed by atoms with van der Waals surface area (Å²) >= 11 is 0. The van der Waals surface area contributed by atoms with Crippen molar-refractivity contribution < 1.29 is 9.90 Å². The quantitative estimate of drug-likeness (QED) is 0.853. The van der Waals surface area contributed by atoms with E-state index >= 15 is 0 Å². The van der Waals surface area contributed by atoms with Crippen LogP contribution < -0.4 is 5.56 Å². The van der Waals surface area contributed by atoms with Gasteiger partial charge in [0.15, 0.2) is 0 Å². The molecule has 0 unspecified atom stereocenters. The molecule has 2 atom stereocenters. The number of rotatable bonds is 2. The highest BCUT2D eigenvalue weighted by atomic mass is 16.3. The number of carbonyl (C=O) groups excluding carboxylic acids is 1. The summed E-state index contributed by atoms with van der Waals surface area (Å²) in [5.41, 5.74) is 0.895. The molecule has 1 N–H and O–H groups in total. The Bertz CT molecular complexity index is 888. The lowest BCUT2D eigenvalue weighted by molar-refractivity contribution is 0.0703. The van der Waals surface area contributed by atoms with Crippen LogP contribution in [0.3, 0.4) is 0 Å². The fourth-order valence-electron chi connectivity index (χ4n) is 4.07. The standard InChI is InChI=1S/C19H24N4O3/c1-21-12-20-15-9-13(5-6-14(15)19(21)26)18(25)23-10-16(17(24)11-23)22-7-3-2-4-8-22/h5-6,9,12,16-17,24H,2-4,7-8,10-11H2,1H3/t16-,17-/m0/s1. The van der Waals surface area contributed by atoms with Crippen LogP contribution in [0.1, 0.15) is 29.6 Å². The van der Waals surface area contributed by atoms with Crippen molar-refractivity contribution in [2.45, 2.75) is 31.4 Å². The van der Waals surface area contributed by atoms with E-state index in [1.807, 2.05) is 0 Å². The summed E-state index contributed by atoms with van der Waals surface area (Å²) in [4.78, 5) is 33.3. The van der Waals surface area contributed by atoms with Gasteiger partial charge in [0, 0.05) is 25.7 Å². The van der Waals surface area contributed by atoms with Gasteiger partial charge in [-0.15, -0.1) is 0 Å². The van der Waals surface area contributed by atoms with Crippen molar-refractivity contribution >= 4 is 16.8 Å². The maximum absolute atomic E-state index is 12.9. The molecular weight excluding hydrogens is 332 g/mol. The molecule has 2 aromatic rings. The second-order valence-corrected chi connectivity index (χ2v) is 7.33. The number of aromatic nitrogens is 2. The summed E-state index contributed by atoms with van der Waals surface area (Å²) in [7, 11) is 1.65. The molecule has 0 saturated carbocycles. The van der Waals surface area contributed by atoms with Gasteiger partial charge in [0.2, 0.25) is 0 Å². The molecule has 7 nitrogen and oxygen atoms in total. The average Bonchev–Trinajstić information content (AvgIpc) is 3.06. The molecule has 4 rings (SSSR count). The number of hydrogen-bond donors (Lipinski definition) is 1. The van der Waals surface area contributed by atoms with Gasteiger partial charge in [-0.05, 0) is 44.1 Å². The molecule has 0 spiro atoms. The molecule has 7 heteroatoms. The Balaban J connectivity index is 1.55. The molecule has 2 aliphatic heterocycles. The van der Waals surface area contributed by atoms with Gasteiger partial charge in [-0.25, -0.2) is 4.98 Å². The Morgan fingerprint density at radius 3 is 2.73 bits per heavy atom. The number of piperidine rings is 1. The van der Waals surface area contributed by atoms with Crippen molar-refractivity contribution in [2.24, 2.45) is 7.05 Å². The molecule has 138 valence electrons. The number of benzene rings is 1. The Morgan fingerprint density at radius 2 is 1.96 bits per heavy atom. The zero-order valence-electron chi connectivity index (χ0n) is 15.0. The molecule has 0 radical (unpaired) electrons. The number of amides is 1. The van der Waals surface area contributed by atoms with Crippen LogP contribution in [-0.2, 0) is 7.05 Å². The first kappa shape index (κ1) is 17.2. The Hall–Kier alpha value is -2.25. The van der Waals surface area contributed by atoms with E-state index < -0.39 is 6.10 Å². The molecule has 0 bridgehead atoms. The smallest absolute Gasteiger partial charge is 0.260 e. The highest BCUT2D eigenvalue weighted by Gasteiger charge is 2.38. The summed E-state index contributed by atoms with van der Waals surface area (Å²) in [6.07, 6.45) is 4.50. The van der Waals surface area contributed by atoms with E-state index in [1.54, 1.807) is 30.1 Å². The van der Waals surface area contributed by atoms with E-state index in [0.717, 1.165) is 25.9 Å². The first-order valence-electron chi connectivity index (χ1n) is 9.21. The van der Waals surface area contributed by atoms with Crippen LogP contribution >= 0.6 is 0 Å². The maximum Gasteiger partial charge on any atom is 0.260 e. The third-order valence-electron chi connectivity index (χ3n) is 5.57. The second-order valence-electron chi connectivity index (χ2n) is 7.33. The van der Waals surface area contributed by atoms with Crippen molar-refractivity contribution in [3.63, 3.8) is 0 Å². The van der Waals surface area contributed by atoms with Crippen molar-refractivity contribution in [3.8, 4) is 0 Å². The van der Waals surface area contributed by atoms with Gasteiger partial charge in [0.1, 0.15) is 0 Å². The molecule has 2 saturated heterocycles. The third-order valence-corrected chi connectivity index (χ3v) is 5.57. The predicted molar refractivity (Wildman–Crippen MR) is 98.1 cm³/mol. The summed E-state index contributed by atoms with van der Waals surface area (Å²) in [5, 5.41) is 11.0. The zero-order valence-corrected chi connectivity index (χ0v) is 15.0. The van der Waals surface area contributed by atoms with E-state index in [9.17, 15) is 14.7 Å². The summed E-state index contributed by atoms with van der Waals surface area (Å²) in [6, 6.07) is 5.02. The van der Waals surface area contributed by atoms with Crippen LogP contribution in [0.15, 0.2) is 29.3 Å². The third kappa shape index (κ3) is 3.01. The van der Waals surface area contributed by atoms with Gasteiger partial charge in [-0.3, -0.25) is 14.5 Å². The van der Waals surface area contributed by atoms with Crippen molar-refractivity contribution in [2.75, 3.05) is 26.2 Å². The van der Waals surface area contributed by atoms with E-state index in [-0.39, 0.29) is 17.5 Å². The van der Waals surface area contributed by atoms with E-state index in [0.29, 0.717) is 29.6 Å². The topological polar surface area (TPSA) is 78.7 Å². The van der Waals surface area contributed by atoms with Crippen LogP contribution in [0.5, 0.6) is 0 Å². The van der Waals surface area contributed by atoms with Crippen LogP contribution in [0, 0.1) is 0 Å². The van der Waals surface area contributed by atoms with Crippen molar-refractivity contribution in [1.82, 2.24) is 19.4 Å². The minimum atomic E-state index is -0.511. The molecule has 0 aliphatic carbocycles. The van der Waals surface area contributed by atoms with Gasteiger partial charge in [-0.2, -0.15) is 0 Å². The summed E-state index contributed by atoms with van der Waals surface area (Å²) in [5.74, 6) is -0.118. The molecule has 1 aromatic heterocycles. The predicted octanol–water partition coefficient (Wildman–Crippen LogP) is 0.605. The molecular formula is C19H24N4O3. The minimum absolute atomic E-state index is 0.0186. The molecule has 2 fully saturated rings. The first-order valence-corrected chi connectivity index (χ1v) is 9.21. The number of β-amino-alcohol motifs (C(OH)–C–C–N with tert-alkyl or cyclic N) is 1. The highest BCUT2D eigenvalue weighted by Crippen LogP contribution is 2.23. The van der Waals surface area contributed by atoms with E-state index in [2.05, 4.69) is 9.88 Å². The van der Waals surface area contributed by atoms with Gasteiger partial charge in [-0.1, -0.05) is 6.42 Å². The summed E-state index contributed by atoms with van der Waals surface area (Å²) in [6.45, 7) is 2.88. The molecule has 26 heavy (non-hydrogen) atoms. The van der Waals surface area contributed by atoms with Crippen LogP contribution in [0.2, 0.25) is 0 Å². The van der Waals surface area contributed by atoms with Crippen LogP contribution in [0.25, 0.3) is 10.9 Å². The minimum Gasteiger partial charge on any atom is -0.390 e. The van der Waals surface area contributed by atoms with Crippen LogP contribution in [-0.4, -0.2) is 68.7 Å². The zero-order chi connectivity index (χ0) is 18.3. The van der Waals surface area contributed by atoms with E-state index in [1.165, 1.54) is 17.3 Å². The number of aryl methyl sites for hydroxylation is 1. The number of hydrogen-bond acceptors (Lipinski definition) is 5. The van der Waals surface area contributed by atoms with Crippen molar-refractivity contribution in [3.05, 3.63) is 40.4 Å². The van der Waals surface area contributed by atoms with Crippen molar-refractivity contribution in [1.29, 1.82) is 0 Å². The van der Waals surface area contributed by atoms with Gasteiger partial charge in [0.05, 0.1) is 29.4 Å². The number of aliphatic hydroxyl groups is 1. The number of carbonyl (C=O) groups is 1. The first-order chi connectivity index (χ1) is 12.5. The average molecular weight is 356 g/mol. The lowest BCUT2D eigenvalue weighted by Crippen LogP contribution is -2.46. The van der Waals surface area contributed by atoms with Gasteiger partial charge >= 0.3 is 0 Å². The van der Waals surface area contributed by atoms with Gasteiger partial charge in [0.25, 0.3) is 11.5 Å². The van der Waals surface area contributed by atoms with Gasteiger partial charge < -0.3 is 14.6 Å². The maximum atomic E-state index is 12.9. The molecule has 1 aromatic carbocycles. The van der Waals surface area contributed by atoms with E-state index in [4.69, 9.17) is 0 Å². The molecule has 1 amide bonds. The van der Waals surface area contributed by atoms with Crippen LogP contribution in [0.4, 0.5) is 0 Å². The molecule has 2 aliphatic rings. The lowest BCUT2D eigenvalue weighted by atomic mass is 10.1. The second kappa shape index (κ2) is 6.81. The Morgan fingerprint density at radius 1 is 1.19 bits per heavy atom. The number of fused-ring (bicyclic) bond motifs is 1. The highest BCUT2D eigenvalue weighted by molar-refractivity contribution is 5.97. The lowest BCUT2D eigenvalue weighted by Gasteiger charge is -2.33. The largest absolute Gasteiger partial charge is 0.390 e. The Kier molecular flexibility index (Phi) is 4.50. The fraction of sp³-hybridized carbons (Fsp3) is 0.526. The normalized spacial score (nSPS) is 24.3. The Labute approximate surface area is 151 Å². The SMILES string of the molecule is Cn1cnc2cc(C(=O)N3C[C@H](O)[C@@H](N4CCCCC4)C3)ccc2c1=O. The summed E-state index contributed by atoms with van der Waals surface area (Å²) < 4.78 is 1.42. The number of aliphatic hydroxyl groups excluding tert-OH is 1.